The van der Waals surface area contributed by atoms with Gasteiger partial charge in [0.2, 0.25) is 18.4 Å². The summed E-state index contributed by atoms with van der Waals surface area (Å²) in [5.74, 6) is 2.49. The van der Waals surface area contributed by atoms with Gasteiger partial charge in [0.1, 0.15) is 6.33 Å². The van der Waals surface area contributed by atoms with Gasteiger partial charge in [-0.1, -0.05) is 13.0 Å². The summed E-state index contributed by atoms with van der Waals surface area (Å²) in [6.07, 6.45) is 5.68. The van der Waals surface area contributed by atoms with E-state index in [4.69, 9.17) is 9.47 Å². The fraction of sp³-hybridized carbons (Fsp3) is 0.565. The van der Waals surface area contributed by atoms with E-state index in [9.17, 15) is 10.1 Å². The number of hydrogen-bond acceptors (Lipinski definition) is 9. The van der Waals surface area contributed by atoms with Gasteiger partial charge in [-0.25, -0.2) is 9.97 Å². The van der Waals surface area contributed by atoms with Crippen molar-refractivity contribution in [2.75, 3.05) is 49.3 Å². The molecule has 3 aliphatic rings. The zero-order valence-corrected chi connectivity index (χ0v) is 19.0. The Labute approximate surface area is 193 Å². The molecule has 1 aromatic heterocycles. The first-order chi connectivity index (χ1) is 16.1. The van der Waals surface area contributed by atoms with Gasteiger partial charge in [0.25, 0.3) is 0 Å². The Kier molecular flexibility index (Phi) is 6.17. The first-order valence-electron chi connectivity index (χ1n) is 11.8. The second-order valence-electron chi connectivity index (χ2n) is 8.83. The highest BCUT2D eigenvalue weighted by Crippen LogP contribution is 2.38. The van der Waals surface area contributed by atoms with E-state index in [1.807, 2.05) is 17.0 Å². The highest BCUT2D eigenvalue weighted by atomic mass is 16.7. The van der Waals surface area contributed by atoms with E-state index in [1.165, 1.54) is 11.9 Å². The van der Waals surface area contributed by atoms with E-state index >= 15 is 0 Å². The molecular weight excluding hydrogens is 424 g/mol. The first-order valence-corrected chi connectivity index (χ1v) is 11.8. The lowest BCUT2D eigenvalue weighted by Gasteiger charge is -2.37. The summed E-state index contributed by atoms with van der Waals surface area (Å²) in [6.45, 7) is 6.97. The number of fused-ring (bicyclic) bond motifs is 1. The van der Waals surface area contributed by atoms with Gasteiger partial charge in [0, 0.05) is 45.3 Å². The fourth-order valence-electron chi connectivity index (χ4n) is 5.08. The number of aromatic nitrogens is 2. The van der Waals surface area contributed by atoms with Crippen LogP contribution in [0.25, 0.3) is 0 Å². The number of piperazine rings is 1. The van der Waals surface area contributed by atoms with Gasteiger partial charge in [0.15, 0.2) is 11.5 Å². The number of hydrogen-bond donors (Lipinski definition) is 0. The molecule has 5 rings (SSSR count). The quantitative estimate of drug-likeness (QED) is 0.481. The fourth-order valence-corrected chi connectivity index (χ4v) is 5.08. The van der Waals surface area contributed by atoms with Crippen LogP contribution >= 0.6 is 0 Å². The van der Waals surface area contributed by atoms with E-state index in [1.54, 1.807) is 0 Å². The van der Waals surface area contributed by atoms with Crippen molar-refractivity contribution in [3.8, 4) is 11.5 Å². The first kappa shape index (κ1) is 21.7. The molecule has 3 aliphatic heterocycles. The summed E-state index contributed by atoms with van der Waals surface area (Å²) in [7, 11) is 0. The average Bonchev–Trinajstić information content (AvgIpc) is 3.32. The minimum absolute atomic E-state index is 0.0436. The molecule has 2 aromatic rings. The van der Waals surface area contributed by atoms with Gasteiger partial charge < -0.3 is 19.3 Å². The van der Waals surface area contributed by atoms with E-state index in [0.717, 1.165) is 63.4 Å². The van der Waals surface area contributed by atoms with Gasteiger partial charge in [-0.2, -0.15) is 0 Å². The van der Waals surface area contributed by atoms with Crippen molar-refractivity contribution in [1.29, 1.82) is 0 Å². The van der Waals surface area contributed by atoms with Gasteiger partial charge >= 0.3 is 5.69 Å². The number of anilines is 2. The zero-order valence-electron chi connectivity index (χ0n) is 19.0. The third kappa shape index (κ3) is 4.39. The maximum Gasteiger partial charge on any atom is 0.353 e. The molecule has 1 unspecified atom stereocenters. The predicted molar refractivity (Wildman–Crippen MR) is 124 cm³/mol. The van der Waals surface area contributed by atoms with Crippen LogP contribution in [0.4, 0.5) is 17.3 Å². The summed E-state index contributed by atoms with van der Waals surface area (Å²) >= 11 is 0. The minimum Gasteiger partial charge on any atom is -0.454 e. The summed E-state index contributed by atoms with van der Waals surface area (Å²) < 4.78 is 10.9. The molecule has 176 valence electrons. The molecule has 0 amide bonds. The Morgan fingerprint density at radius 1 is 1.06 bits per heavy atom. The van der Waals surface area contributed by atoms with Gasteiger partial charge in [-0.05, 0) is 43.4 Å². The van der Waals surface area contributed by atoms with Crippen LogP contribution in [0.1, 0.15) is 38.2 Å². The Bertz CT molecular complexity index is 1010. The van der Waals surface area contributed by atoms with Gasteiger partial charge in [-0.15, -0.1) is 0 Å². The Balaban J connectivity index is 1.30. The average molecular weight is 455 g/mol. The van der Waals surface area contributed by atoms with Crippen LogP contribution in [0, 0.1) is 10.1 Å². The number of nitro groups is 1. The van der Waals surface area contributed by atoms with Crippen molar-refractivity contribution >= 4 is 17.3 Å². The summed E-state index contributed by atoms with van der Waals surface area (Å²) in [6, 6.07) is 6.33. The SMILES string of the molecule is CCC1CCCCN1c1ncnc(N2CCN(Cc3ccc4c(c3)OCO4)CC2)c1[N+](=O)[O-]. The topological polar surface area (TPSA) is 97.1 Å². The smallest absolute Gasteiger partial charge is 0.353 e. The van der Waals surface area contributed by atoms with Crippen molar-refractivity contribution in [2.24, 2.45) is 0 Å². The van der Waals surface area contributed by atoms with Gasteiger partial charge in [0.05, 0.1) is 4.92 Å². The van der Waals surface area contributed by atoms with Crippen molar-refractivity contribution < 1.29 is 14.4 Å². The minimum atomic E-state index is -0.301. The van der Waals surface area contributed by atoms with E-state index in [0.29, 0.717) is 30.8 Å². The maximum absolute atomic E-state index is 12.2. The lowest BCUT2D eigenvalue weighted by molar-refractivity contribution is -0.383. The third-order valence-electron chi connectivity index (χ3n) is 6.85. The molecule has 10 heteroatoms. The van der Waals surface area contributed by atoms with Crippen LogP contribution in [0.3, 0.4) is 0 Å². The van der Waals surface area contributed by atoms with Crippen LogP contribution < -0.4 is 19.3 Å². The standard InChI is InChI=1S/C23H30N6O4/c1-2-18-5-3-4-8-28(18)23-21(29(30)31)22(24-15-25-23)27-11-9-26(10-12-27)14-17-6-7-19-20(13-17)33-16-32-19/h6-7,13,15,18H,2-5,8-12,14,16H2,1H3. The molecule has 0 spiro atoms. The number of ether oxygens (including phenoxy) is 2. The molecule has 0 bridgehead atoms. The maximum atomic E-state index is 12.2. The lowest BCUT2D eigenvalue weighted by atomic mass is 10.00. The van der Waals surface area contributed by atoms with Crippen molar-refractivity contribution in [3.05, 3.63) is 40.2 Å². The molecule has 0 aliphatic carbocycles. The summed E-state index contributed by atoms with van der Waals surface area (Å²) in [4.78, 5) is 27.1. The molecule has 0 saturated carbocycles. The Morgan fingerprint density at radius 2 is 1.85 bits per heavy atom. The molecule has 33 heavy (non-hydrogen) atoms. The second-order valence-corrected chi connectivity index (χ2v) is 8.83. The van der Waals surface area contributed by atoms with Crippen LogP contribution in [-0.4, -0.2) is 65.3 Å². The number of benzene rings is 1. The molecule has 1 aromatic carbocycles. The van der Waals surface area contributed by atoms with E-state index in [-0.39, 0.29) is 17.4 Å². The second kappa shape index (κ2) is 9.38. The largest absolute Gasteiger partial charge is 0.454 e. The van der Waals surface area contributed by atoms with Crippen LogP contribution in [0.15, 0.2) is 24.5 Å². The molecular formula is C23H30N6O4. The summed E-state index contributed by atoms with van der Waals surface area (Å²) in [5.41, 5.74) is 1.21. The van der Waals surface area contributed by atoms with Gasteiger partial charge in [-0.3, -0.25) is 15.0 Å². The normalized spacial score (nSPS) is 20.8. The molecule has 0 radical (unpaired) electrons. The number of piperidine rings is 1. The molecule has 10 nitrogen and oxygen atoms in total. The highest BCUT2D eigenvalue weighted by Gasteiger charge is 2.34. The van der Waals surface area contributed by atoms with Crippen molar-refractivity contribution in [2.45, 2.75) is 45.2 Å². The predicted octanol–water partition coefficient (Wildman–Crippen LogP) is 3.20. The molecule has 2 saturated heterocycles. The van der Waals surface area contributed by atoms with Crippen LogP contribution in [0.2, 0.25) is 0 Å². The monoisotopic (exact) mass is 454 g/mol. The van der Waals surface area contributed by atoms with E-state index < -0.39 is 0 Å². The molecule has 4 heterocycles. The van der Waals surface area contributed by atoms with Crippen molar-refractivity contribution in [1.82, 2.24) is 14.9 Å². The number of nitrogens with zero attached hydrogens (tertiary/aromatic N) is 6. The Morgan fingerprint density at radius 3 is 2.64 bits per heavy atom. The zero-order chi connectivity index (χ0) is 22.8. The lowest BCUT2D eigenvalue weighted by Crippen LogP contribution is -2.46. The Hall–Kier alpha value is -3.14. The van der Waals surface area contributed by atoms with Crippen LogP contribution in [-0.2, 0) is 6.54 Å². The highest BCUT2D eigenvalue weighted by molar-refractivity contribution is 5.71. The van der Waals surface area contributed by atoms with Crippen LogP contribution in [0.5, 0.6) is 11.5 Å². The van der Waals surface area contributed by atoms with E-state index in [2.05, 4.69) is 32.8 Å². The molecule has 2 fully saturated rings. The van der Waals surface area contributed by atoms with Crippen molar-refractivity contribution in [3.63, 3.8) is 0 Å². The number of rotatable bonds is 6. The molecule has 1 atom stereocenters. The molecule has 0 N–H and O–H groups in total. The third-order valence-corrected chi connectivity index (χ3v) is 6.85. The summed E-state index contributed by atoms with van der Waals surface area (Å²) in [5, 5.41) is 12.2.